The van der Waals surface area contributed by atoms with Crippen molar-refractivity contribution in [2.24, 2.45) is 0 Å². The fraction of sp³-hybridized carbons (Fsp3) is 0.500. The van der Waals surface area contributed by atoms with E-state index in [1.807, 2.05) is 23.9 Å². The maximum absolute atomic E-state index is 8.92. The van der Waals surface area contributed by atoms with Crippen molar-refractivity contribution < 1.29 is 0 Å². The number of nitrogens with one attached hydrogen (secondary N) is 1. The van der Waals surface area contributed by atoms with Gasteiger partial charge < -0.3 is 5.32 Å². The van der Waals surface area contributed by atoms with Crippen LogP contribution in [0.4, 0.5) is 5.69 Å². The molecule has 1 saturated carbocycles. The molecule has 1 aliphatic rings. The molecule has 1 aromatic heterocycles. The topological polar surface area (TPSA) is 48.7 Å². The van der Waals surface area contributed by atoms with Crippen molar-refractivity contribution in [2.45, 2.75) is 24.0 Å². The van der Waals surface area contributed by atoms with E-state index in [9.17, 15) is 0 Å². The van der Waals surface area contributed by atoms with Gasteiger partial charge in [-0.3, -0.25) is 0 Å². The zero-order valence-electron chi connectivity index (χ0n) is 9.36. The summed E-state index contributed by atoms with van der Waals surface area (Å²) in [5, 5.41) is 12.3. The highest BCUT2D eigenvalue weighted by Gasteiger charge is 2.35. The standard InChI is InChI=1S/C12H15N3S/c1-16-12(5-3-6-12)9-15-10-4-2-7-14-11(10)8-13/h2,4,7,15H,3,5-6,9H2,1H3. The van der Waals surface area contributed by atoms with E-state index in [1.54, 1.807) is 6.20 Å². The van der Waals surface area contributed by atoms with Gasteiger partial charge >= 0.3 is 0 Å². The minimum atomic E-state index is 0.378. The summed E-state index contributed by atoms with van der Waals surface area (Å²) in [6.07, 6.45) is 7.67. The Labute approximate surface area is 100 Å². The van der Waals surface area contributed by atoms with Gasteiger partial charge in [0.1, 0.15) is 6.07 Å². The van der Waals surface area contributed by atoms with E-state index >= 15 is 0 Å². The molecule has 84 valence electrons. The summed E-state index contributed by atoms with van der Waals surface area (Å²) in [4.78, 5) is 4.04. The van der Waals surface area contributed by atoms with Gasteiger partial charge in [-0.2, -0.15) is 17.0 Å². The Morgan fingerprint density at radius 1 is 1.62 bits per heavy atom. The number of hydrogen-bond donors (Lipinski definition) is 1. The van der Waals surface area contributed by atoms with Crippen LogP contribution < -0.4 is 5.32 Å². The average molecular weight is 233 g/mol. The lowest BCUT2D eigenvalue weighted by Gasteiger charge is -2.40. The van der Waals surface area contributed by atoms with E-state index in [0.29, 0.717) is 10.4 Å². The predicted octanol–water partition coefficient (Wildman–Crippen LogP) is 2.65. The minimum Gasteiger partial charge on any atom is -0.381 e. The van der Waals surface area contributed by atoms with Crippen LogP contribution in [0.25, 0.3) is 0 Å². The molecule has 0 aliphatic heterocycles. The van der Waals surface area contributed by atoms with Crippen molar-refractivity contribution in [1.82, 2.24) is 4.98 Å². The Hall–Kier alpha value is -1.21. The molecule has 1 aliphatic carbocycles. The Bertz CT molecular complexity index is 401. The summed E-state index contributed by atoms with van der Waals surface area (Å²) < 4.78 is 0.378. The van der Waals surface area contributed by atoms with E-state index in [-0.39, 0.29) is 0 Å². The molecule has 0 spiro atoms. The van der Waals surface area contributed by atoms with Crippen molar-refractivity contribution in [3.05, 3.63) is 24.0 Å². The van der Waals surface area contributed by atoms with Gasteiger partial charge in [-0.05, 0) is 31.2 Å². The second kappa shape index (κ2) is 4.75. The van der Waals surface area contributed by atoms with Crippen LogP contribution in [0, 0.1) is 11.3 Å². The van der Waals surface area contributed by atoms with Gasteiger partial charge in [0.2, 0.25) is 0 Å². The number of nitrogens with zero attached hydrogens (tertiary/aromatic N) is 2. The summed E-state index contributed by atoms with van der Waals surface area (Å²) >= 11 is 1.93. The Morgan fingerprint density at radius 2 is 2.44 bits per heavy atom. The fourth-order valence-corrected chi connectivity index (χ4v) is 2.83. The molecule has 1 fully saturated rings. The molecule has 0 aromatic carbocycles. The molecule has 16 heavy (non-hydrogen) atoms. The number of hydrogen-bond acceptors (Lipinski definition) is 4. The van der Waals surface area contributed by atoms with Crippen molar-refractivity contribution in [1.29, 1.82) is 5.26 Å². The molecule has 1 heterocycles. The van der Waals surface area contributed by atoms with Crippen LogP contribution >= 0.6 is 11.8 Å². The van der Waals surface area contributed by atoms with Gasteiger partial charge in [0.15, 0.2) is 5.69 Å². The first-order valence-corrected chi connectivity index (χ1v) is 6.66. The predicted molar refractivity (Wildman–Crippen MR) is 67.5 cm³/mol. The third kappa shape index (κ3) is 2.14. The molecule has 0 radical (unpaired) electrons. The minimum absolute atomic E-state index is 0.378. The number of thioether (sulfide) groups is 1. The Kier molecular flexibility index (Phi) is 3.35. The smallest absolute Gasteiger partial charge is 0.163 e. The third-order valence-electron chi connectivity index (χ3n) is 3.21. The van der Waals surface area contributed by atoms with Crippen molar-refractivity contribution >= 4 is 17.4 Å². The van der Waals surface area contributed by atoms with Gasteiger partial charge in [-0.1, -0.05) is 6.42 Å². The van der Waals surface area contributed by atoms with Crippen molar-refractivity contribution in [2.75, 3.05) is 18.1 Å². The van der Waals surface area contributed by atoms with Crippen LogP contribution in [0.5, 0.6) is 0 Å². The van der Waals surface area contributed by atoms with Crippen molar-refractivity contribution in [3.8, 4) is 6.07 Å². The van der Waals surface area contributed by atoms with E-state index in [2.05, 4.69) is 22.6 Å². The quantitative estimate of drug-likeness (QED) is 0.868. The fourth-order valence-electron chi connectivity index (χ4n) is 1.92. The van der Waals surface area contributed by atoms with E-state index in [1.165, 1.54) is 19.3 Å². The van der Waals surface area contributed by atoms with Crippen molar-refractivity contribution in [3.63, 3.8) is 0 Å². The van der Waals surface area contributed by atoms with Crippen LogP contribution in [-0.4, -0.2) is 22.5 Å². The van der Waals surface area contributed by atoms with Gasteiger partial charge in [0, 0.05) is 17.5 Å². The first-order chi connectivity index (χ1) is 7.79. The number of anilines is 1. The largest absolute Gasteiger partial charge is 0.381 e. The van der Waals surface area contributed by atoms with E-state index in [4.69, 9.17) is 5.26 Å². The molecule has 4 heteroatoms. The lowest BCUT2D eigenvalue weighted by atomic mass is 9.84. The van der Waals surface area contributed by atoms with Gasteiger partial charge in [0.05, 0.1) is 5.69 Å². The molecule has 3 nitrogen and oxygen atoms in total. The molecule has 0 amide bonds. The Morgan fingerprint density at radius 3 is 3.00 bits per heavy atom. The van der Waals surface area contributed by atoms with Crippen LogP contribution in [0.1, 0.15) is 25.0 Å². The average Bonchev–Trinajstić information content (AvgIpc) is 2.29. The highest BCUT2D eigenvalue weighted by Crippen LogP contribution is 2.42. The highest BCUT2D eigenvalue weighted by atomic mass is 32.2. The van der Waals surface area contributed by atoms with Gasteiger partial charge in [0.25, 0.3) is 0 Å². The molecule has 0 saturated heterocycles. The number of pyridine rings is 1. The van der Waals surface area contributed by atoms with E-state index in [0.717, 1.165) is 12.2 Å². The molecule has 0 bridgehead atoms. The maximum atomic E-state index is 8.92. The highest BCUT2D eigenvalue weighted by molar-refractivity contribution is 8.00. The second-order valence-corrected chi connectivity index (χ2v) is 5.38. The molecule has 0 atom stereocenters. The number of aromatic nitrogens is 1. The molecule has 1 aromatic rings. The van der Waals surface area contributed by atoms with Crippen LogP contribution in [-0.2, 0) is 0 Å². The zero-order valence-corrected chi connectivity index (χ0v) is 10.2. The lowest BCUT2D eigenvalue weighted by Crippen LogP contribution is -2.40. The third-order valence-corrected chi connectivity index (χ3v) is 4.63. The second-order valence-electron chi connectivity index (χ2n) is 4.11. The molecular weight excluding hydrogens is 218 g/mol. The molecule has 0 unspecified atom stereocenters. The Balaban J connectivity index is 2.02. The SMILES string of the molecule is CSC1(CNc2cccnc2C#N)CCC1. The lowest BCUT2D eigenvalue weighted by molar-refractivity contribution is 0.380. The normalized spacial score (nSPS) is 17.2. The van der Waals surface area contributed by atoms with Crippen LogP contribution in [0.3, 0.4) is 0 Å². The van der Waals surface area contributed by atoms with Gasteiger partial charge in [-0.15, -0.1) is 0 Å². The van der Waals surface area contributed by atoms with Crippen LogP contribution in [0.15, 0.2) is 18.3 Å². The first kappa shape index (κ1) is 11.3. The zero-order chi connectivity index (χ0) is 11.4. The number of rotatable bonds is 4. The van der Waals surface area contributed by atoms with Crippen LogP contribution in [0.2, 0.25) is 0 Å². The first-order valence-electron chi connectivity index (χ1n) is 5.44. The summed E-state index contributed by atoms with van der Waals surface area (Å²) in [6.45, 7) is 0.925. The summed E-state index contributed by atoms with van der Waals surface area (Å²) in [6, 6.07) is 5.88. The maximum Gasteiger partial charge on any atom is 0.163 e. The van der Waals surface area contributed by atoms with Gasteiger partial charge in [-0.25, -0.2) is 4.98 Å². The van der Waals surface area contributed by atoms with E-state index < -0.39 is 0 Å². The summed E-state index contributed by atoms with van der Waals surface area (Å²) in [7, 11) is 0. The molecular formula is C12H15N3S. The molecule has 2 rings (SSSR count). The molecule has 1 N–H and O–H groups in total. The monoisotopic (exact) mass is 233 g/mol. The summed E-state index contributed by atoms with van der Waals surface area (Å²) in [5.41, 5.74) is 1.34. The summed E-state index contributed by atoms with van der Waals surface area (Å²) in [5.74, 6) is 0. The number of nitriles is 1.